The zero-order valence-corrected chi connectivity index (χ0v) is 10.5. The van der Waals surface area contributed by atoms with Crippen molar-refractivity contribution in [2.24, 2.45) is 0 Å². The van der Waals surface area contributed by atoms with Crippen LogP contribution in [0.5, 0.6) is 0 Å². The fourth-order valence-corrected chi connectivity index (χ4v) is 3.29. The summed E-state index contributed by atoms with van der Waals surface area (Å²) < 4.78 is 1.90. The highest BCUT2D eigenvalue weighted by molar-refractivity contribution is 5.93. The minimum Gasteiger partial charge on any atom is -0.346 e. The maximum Gasteiger partial charge on any atom is 0.270 e. The molecule has 1 amide bonds. The molecule has 0 aliphatic carbocycles. The molecule has 5 heteroatoms. The van der Waals surface area contributed by atoms with E-state index in [-0.39, 0.29) is 11.9 Å². The molecule has 2 aliphatic heterocycles. The van der Waals surface area contributed by atoms with Crippen LogP contribution >= 0.6 is 0 Å². The van der Waals surface area contributed by atoms with Gasteiger partial charge < -0.3 is 15.0 Å². The molecule has 4 heterocycles. The first-order valence-electron chi connectivity index (χ1n) is 6.79. The monoisotopic (exact) mass is 256 g/mol. The van der Waals surface area contributed by atoms with E-state index in [1.54, 1.807) is 6.33 Å². The lowest BCUT2D eigenvalue weighted by Crippen LogP contribution is -2.43. The molecule has 1 unspecified atom stereocenters. The van der Waals surface area contributed by atoms with Crippen molar-refractivity contribution in [3.8, 4) is 0 Å². The number of nitrogens with one attached hydrogen (secondary N) is 2. The van der Waals surface area contributed by atoms with Gasteiger partial charge in [-0.15, -0.1) is 0 Å². The smallest absolute Gasteiger partial charge is 0.270 e. The highest BCUT2D eigenvalue weighted by Crippen LogP contribution is 2.28. The van der Waals surface area contributed by atoms with E-state index in [1.165, 1.54) is 12.8 Å². The number of fused-ring (bicyclic) bond motifs is 3. The third-order valence-electron chi connectivity index (χ3n) is 4.27. The van der Waals surface area contributed by atoms with Gasteiger partial charge in [0.1, 0.15) is 5.69 Å². The lowest BCUT2D eigenvalue weighted by atomic mass is 9.95. The normalized spacial score (nSPS) is 28.9. The van der Waals surface area contributed by atoms with Gasteiger partial charge in [0.2, 0.25) is 0 Å². The van der Waals surface area contributed by atoms with Gasteiger partial charge in [-0.3, -0.25) is 4.79 Å². The Morgan fingerprint density at radius 1 is 1.47 bits per heavy atom. The molecule has 2 saturated heterocycles. The van der Waals surface area contributed by atoms with Crippen LogP contribution in [0.4, 0.5) is 0 Å². The summed E-state index contributed by atoms with van der Waals surface area (Å²) in [5.74, 6) is -0.0666. The number of nitrogens with zero attached hydrogens (tertiary/aromatic N) is 2. The molecular formula is C14H16N4O. The first kappa shape index (κ1) is 11.0. The third kappa shape index (κ3) is 1.81. The largest absolute Gasteiger partial charge is 0.346 e. The Morgan fingerprint density at radius 2 is 2.42 bits per heavy atom. The first-order chi connectivity index (χ1) is 9.29. The van der Waals surface area contributed by atoms with Crippen LogP contribution in [0, 0.1) is 0 Å². The van der Waals surface area contributed by atoms with Crippen molar-refractivity contribution < 1.29 is 4.79 Å². The van der Waals surface area contributed by atoms with Gasteiger partial charge in [-0.1, -0.05) is 0 Å². The number of rotatable bonds is 2. The van der Waals surface area contributed by atoms with Crippen LogP contribution in [0.1, 0.15) is 29.8 Å². The Kier molecular flexibility index (Phi) is 2.35. The van der Waals surface area contributed by atoms with Gasteiger partial charge in [-0.05, 0) is 37.5 Å². The van der Waals surface area contributed by atoms with Gasteiger partial charge in [0.05, 0.1) is 6.33 Å². The summed E-state index contributed by atoms with van der Waals surface area (Å²) in [6, 6.07) is 7.05. The molecule has 19 heavy (non-hydrogen) atoms. The van der Waals surface area contributed by atoms with Crippen LogP contribution in [0.3, 0.4) is 0 Å². The van der Waals surface area contributed by atoms with E-state index >= 15 is 0 Å². The number of hydrogen-bond acceptors (Lipinski definition) is 3. The number of amides is 1. The zero-order chi connectivity index (χ0) is 12.8. The van der Waals surface area contributed by atoms with E-state index in [0.29, 0.717) is 17.8 Å². The predicted molar refractivity (Wildman–Crippen MR) is 71.0 cm³/mol. The summed E-state index contributed by atoms with van der Waals surface area (Å²) >= 11 is 0. The number of carbonyl (C=O) groups is 1. The standard InChI is InChI=1S/C14H16N4O/c19-14(17-12-6-9-3-4-11(12)16-9)13-7-10-2-1-5-18(10)8-15-13/h1-2,5,7-9,11-12,16H,3-4,6H2,(H,17,19)/t9-,11+,12?/m1/s1. The van der Waals surface area contributed by atoms with E-state index in [1.807, 2.05) is 28.8 Å². The van der Waals surface area contributed by atoms with Crippen LogP contribution in [0.15, 0.2) is 30.7 Å². The lowest BCUT2D eigenvalue weighted by Gasteiger charge is -2.21. The second kappa shape index (κ2) is 4.06. The molecular weight excluding hydrogens is 240 g/mol. The van der Waals surface area contributed by atoms with E-state index in [4.69, 9.17) is 0 Å². The van der Waals surface area contributed by atoms with E-state index in [9.17, 15) is 4.79 Å². The first-order valence-corrected chi connectivity index (χ1v) is 6.79. The Labute approximate surface area is 111 Å². The second-order valence-electron chi connectivity index (χ2n) is 5.48. The molecule has 0 aromatic carbocycles. The minimum absolute atomic E-state index is 0.0666. The van der Waals surface area contributed by atoms with Gasteiger partial charge >= 0.3 is 0 Å². The molecule has 2 aliphatic rings. The SMILES string of the molecule is O=C(NC1C[C@H]2CC[C@@H]1N2)c1cc2cccn2cn1. The van der Waals surface area contributed by atoms with Crippen molar-refractivity contribution in [2.45, 2.75) is 37.4 Å². The molecule has 2 aromatic heterocycles. The lowest BCUT2D eigenvalue weighted by molar-refractivity contribution is 0.0926. The van der Waals surface area contributed by atoms with E-state index in [0.717, 1.165) is 11.9 Å². The second-order valence-corrected chi connectivity index (χ2v) is 5.48. The fraction of sp³-hybridized carbons (Fsp3) is 0.429. The van der Waals surface area contributed by atoms with Gasteiger partial charge in [0.25, 0.3) is 5.91 Å². The molecule has 3 atom stereocenters. The number of aromatic nitrogens is 2. The summed E-state index contributed by atoms with van der Waals surface area (Å²) in [6.07, 6.45) is 7.06. The quantitative estimate of drug-likeness (QED) is 0.841. The Hall–Kier alpha value is -1.88. The summed E-state index contributed by atoms with van der Waals surface area (Å²) in [4.78, 5) is 16.4. The topological polar surface area (TPSA) is 58.4 Å². The van der Waals surface area contributed by atoms with Crippen molar-refractivity contribution in [3.63, 3.8) is 0 Å². The van der Waals surface area contributed by atoms with Crippen molar-refractivity contribution in [3.05, 3.63) is 36.4 Å². The molecule has 4 rings (SSSR count). The van der Waals surface area contributed by atoms with Crippen molar-refractivity contribution in [1.29, 1.82) is 0 Å². The van der Waals surface area contributed by atoms with E-state index in [2.05, 4.69) is 15.6 Å². The molecule has 2 aromatic rings. The molecule has 0 saturated carbocycles. The summed E-state index contributed by atoms with van der Waals surface area (Å²) in [5.41, 5.74) is 1.49. The van der Waals surface area contributed by atoms with Gasteiger partial charge in [-0.25, -0.2) is 4.98 Å². The van der Waals surface area contributed by atoms with Crippen LogP contribution < -0.4 is 10.6 Å². The van der Waals surface area contributed by atoms with Gasteiger partial charge in [0.15, 0.2) is 0 Å². The maximum absolute atomic E-state index is 12.2. The Balaban J connectivity index is 1.53. The van der Waals surface area contributed by atoms with Gasteiger partial charge in [-0.2, -0.15) is 0 Å². The predicted octanol–water partition coefficient (Wildman–Crippen LogP) is 0.957. The molecule has 2 bridgehead atoms. The average Bonchev–Trinajstić information content (AvgIpc) is 3.13. The van der Waals surface area contributed by atoms with Crippen LogP contribution in [-0.4, -0.2) is 33.4 Å². The number of hydrogen-bond donors (Lipinski definition) is 2. The summed E-state index contributed by atoms with van der Waals surface area (Å²) in [6.45, 7) is 0. The minimum atomic E-state index is -0.0666. The highest BCUT2D eigenvalue weighted by atomic mass is 16.2. The molecule has 2 N–H and O–H groups in total. The summed E-state index contributed by atoms with van der Waals surface area (Å²) in [7, 11) is 0. The summed E-state index contributed by atoms with van der Waals surface area (Å²) in [5, 5.41) is 6.63. The average molecular weight is 256 g/mol. The maximum atomic E-state index is 12.2. The number of carbonyl (C=O) groups excluding carboxylic acids is 1. The van der Waals surface area contributed by atoms with Crippen LogP contribution in [0.2, 0.25) is 0 Å². The van der Waals surface area contributed by atoms with Crippen molar-refractivity contribution in [1.82, 2.24) is 20.0 Å². The van der Waals surface area contributed by atoms with Crippen LogP contribution in [0.25, 0.3) is 5.52 Å². The highest BCUT2D eigenvalue weighted by Gasteiger charge is 2.39. The van der Waals surface area contributed by atoms with Crippen LogP contribution in [-0.2, 0) is 0 Å². The van der Waals surface area contributed by atoms with Gasteiger partial charge in [0, 0.05) is 29.8 Å². The Morgan fingerprint density at radius 3 is 3.21 bits per heavy atom. The molecule has 0 spiro atoms. The zero-order valence-electron chi connectivity index (χ0n) is 10.5. The molecule has 98 valence electrons. The molecule has 2 fully saturated rings. The Bertz CT molecular complexity index is 635. The van der Waals surface area contributed by atoms with Crippen molar-refractivity contribution >= 4 is 11.4 Å². The fourth-order valence-electron chi connectivity index (χ4n) is 3.29. The third-order valence-corrected chi connectivity index (χ3v) is 4.27. The van der Waals surface area contributed by atoms with Crippen molar-refractivity contribution in [2.75, 3.05) is 0 Å². The molecule has 5 nitrogen and oxygen atoms in total. The van der Waals surface area contributed by atoms with E-state index < -0.39 is 0 Å². The molecule has 0 radical (unpaired) electrons.